The molecule has 7 rings (SSSR count). The minimum absolute atomic E-state index is 0.460. The van der Waals surface area contributed by atoms with Crippen molar-refractivity contribution < 1.29 is 0 Å². The number of rotatable bonds is 4. The van der Waals surface area contributed by atoms with Gasteiger partial charge in [-0.15, -0.1) is 0 Å². The van der Waals surface area contributed by atoms with E-state index in [2.05, 4.69) is 140 Å². The molecule has 1 aliphatic carbocycles. The van der Waals surface area contributed by atoms with Gasteiger partial charge in [-0.25, -0.2) is 0 Å². The average Bonchev–Trinajstić information content (AvgIpc) is 3.30. The van der Waals surface area contributed by atoms with Crippen LogP contribution < -0.4 is 0 Å². The van der Waals surface area contributed by atoms with Crippen molar-refractivity contribution >= 4 is 11.6 Å². The highest BCUT2D eigenvalue weighted by atomic mass is 35.5. The van der Waals surface area contributed by atoms with Crippen LogP contribution in [0.4, 0.5) is 0 Å². The van der Waals surface area contributed by atoms with Gasteiger partial charge in [0.05, 0.1) is 5.41 Å². The zero-order valence-corrected chi connectivity index (χ0v) is 21.6. The van der Waals surface area contributed by atoms with Crippen molar-refractivity contribution in [3.63, 3.8) is 0 Å². The minimum atomic E-state index is -0.460. The first kappa shape index (κ1) is 22.8. The molecule has 0 saturated heterocycles. The van der Waals surface area contributed by atoms with Crippen LogP contribution in [0.3, 0.4) is 0 Å². The Kier molecular flexibility index (Phi) is 5.50. The van der Waals surface area contributed by atoms with Gasteiger partial charge in [-0.05, 0) is 67.8 Å². The maximum Gasteiger partial charge on any atom is 0.0719 e. The Labute approximate surface area is 228 Å². The number of fused-ring (bicyclic) bond motifs is 3. The fourth-order valence-electron chi connectivity index (χ4n) is 6.23. The Morgan fingerprint density at radius 2 is 0.895 bits per heavy atom. The summed E-state index contributed by atoms with van der Waals surface area (Å²) in [6.07, 6.45) is 0. The summed E-state index contributed by atoms with van der Waals surface area (Å²) < 4.78 is 0. The molecule has 0 radical (unpaired) electrons. The van der Waals surface area contributed by atoms with Gasteiger partial charge in [-0.3, -0.25) is 0 Å². The molecule has 0 spiro atoms. The lowest BCUT2D eigenvalue weighted by Crippen LogP contribution is -2.29. The fraction of sp³-hybridized carbons (Fsp3) is 0.0270. The highest BCUT2D eigenvalue weighted by Gasteiger charge is 2.47. The first-order valence-corrected chi connectivity index (χ1v) is 13.4. The Morgan fingerprint density at radius 3 is 1.63 bits per heavy atom. The summed E-state index contributed by atoms with van der Waals surface area (Å²) in [5.41, 5.74) is 12.1. The third-order valence-corrected chi connectivity index (χ3v) is 8.10. The summed E-state index contributed by atoms with van der Waals surface area (Å²) in [6, 6.07) is 54.5. The molecule has 38 heavy (non-hydrogen) atoms. The maximum absolute atomic E-state index is 6.30. The van der Waals surface area contributed by atoms with E-state index in [1.54, 1.807) is 0 Å². The predicted octanol–water partition coefficient (Wildman–Crippen LogP) is 10.0. The van der Waals surface area contributed by atoms with Crippen molar-refractivity contribution in [1.29, 1.82) is 0 Å². The standard InChI is InChI=1S/C37H25Cl/c38-31-24-20-28(21-25-31)32-15-9-16-34-33-14-7-8-17-35(33)37(36(32)34,29-12-5-2-6-13-29)30-22-18-27(19-23-30)26-10-3-1-4-11-26/h1-25H. The summed E-state index contributed by atoms with van der Waals surface area (Å²) in [6.45, 7) is 0. The number of hydrogen-bond acceptors (Lipinski definition) is 0. The van der Waals surface area contributed by atoms with E-state index in [1.165, 1.54) is 55.6 Å². The quantitative estimate of drug-likeness (QED) is 0.223. The Morgan fingerprint density at radius 1 is 0.368 bits per heavy atom. The van der Waals surface area contributed by atoms with Gasteiger partial charge in [0.2, 0.25) is 0 Å². The third-order valence-electron chi connectivity index (χ3n) is 7.85. The molecule has 1 atom stereocenters. The number of hydrogen-bond donors (Lipinski definition) is 0. The lowest BCUT2D eigenvalue weighted by Gasteiger charge is -2.35. The average molecular weight is 505 g/mol. The van der Waals surface area contributed by atoms with Gasteiger partial charge < -0.3 is 0 Å². The second kappa shape index (κ2) is 9.17. The summed E-state index contributed by atoms with van der Waals surface area (Å²) in [4.78, 5) is 0. The smallest absolute Gasteiger partial charge is 0.0719 e. The van der Waals surface area contributed by atoms with E-state index in [9.17, 15) is 0 Å². The van der Waals surface area contributed by atoms with E-state index in [0.29, 0.717) is 0 Å². The Hall–Kier alpha value is -4.39. The van der Waals surface area contributed by atoms with Crippen LogP contribution >= 0.6 is 11.6 Å². The van der Waals surface area contributed by atoms with E-state index in [1.807, 2.05) is 12.1 Å². The van der Waals surface area contributed by atoms with E-state index in [4.69, 9.17) is 11.6 Å². The molecule has 0 saturated carbocycles. The van der Waals surface area contributed by atoms with Gasteiger partial charge in [0, 0.05) is 5.02 Å². The monoisotopic (exact) mass is 504 g/mol. The minimum Gasteiger partial charge on any atom is -0.0843 e. The first-order chi connectivity index (χ1) is 18.8. The van der Waals surface area contributed by atoms with Crippen LogP contribution in [0.25, 0.3) is 33.4 Å². The number of benzene rings is 6. The molecule has 0 fully saturated rings. The van der Waals surface area contributed by atoms with Crippen LogP contribution in [0.15, 0.2) is 152 Å². The molecule has 1 aliphatic rings. The first-order valence-electron chi connectivity index (χ1n) is 13.0. The fourth-order valence-corrected chi connectivity index (χ4v) is 6.35. The van der Waals surface area contributed by atoms with Crippen molar-refractivity contribution in [2.45, 2.75) is 5.41 Å². The van der Waals surface area contributed by atoms with Crippen molar-refractivity contribution in [3.05, 3.63) is 179 Å². The Balaban J connectivity index is 1.57. The molecule has 0 bridgehead atoms. The van der Waals surface area contributed by atoms with Crippen LogP contribution in [0.2, 0.25) is 5.02 Å². The van der Waals surface area contributed by atoms with E-state index in [0.717, 1.165) is 5.02 Å². The van der Waals surface area contributed by atoms with Gasteiger partial charge >= 0.3 is 0 Å². The third kappa shape index (κ3) is 3.45. The van der Waals surface area contributed by atoms with Crippen LogP contribution in [-0.2, 0) is 5.41 Å². The van der Waals surface area contributed by atoms with Crippen molar-refractivity contribution in [1.82, 2.24) is 0 Å². The van der Waals surface area contributed by atoms with Crippen LogP contribution in [-0.4, -0.2) is 0 Å². The molecule has 0 aromatic heterocycles. The van der Waals surface area contributed by atoms with Crippen molar-refractivity contribution in [2.75, 3.05) is 0 Å². The normalized spacial score (nSPS) is 15.6. The van der Waals surface area contributed by atoms with Crippen LogP contribution in [0.5, 0.6) is 0 Å². The van der Waals surface area contributed by atoms with Gasteiger partial charge in [-0.1, -0.05) is 151 Å². The second-order valence-electron chi connectivity index (χ2n) is 9.84. The molecule has 0 amide bonds. The Bertz CT molecular complexity index is 1730. The van der Waals surface area contributed by atoms with E-state index < -0.39 is 5.41 Å². The van der Waals surface area contributed by atoms with Gasteiger partial charge in [0.15, 0.2) is 0 Å². The van der Waals surface area contributed by atoms with E-state index >= 15 is 0 Å². The van der Waals surface area contributed by atoms with Gasteiger partial charge in [0.25, 0.3) is 0 Å². The van der Waals surface area contributed by atoms with Crippen LogP contribution in [0.1, 0.15) is 22.3 Å². The number of halogens is 1. The summed E-state index contributed by atoms with van der Waals surface area (Å²) >= 11 is 6.30. The lowest BCUT2D eigenvalue weighted by molar-refractivity contribution is 0.770. The topological polar surface area (TPSA) is 0 Å². The highest BCUT2D eigenvalue weighted by molar-refractivity contribution is 6.30. The molecular weight excluding hydrogens is 480 g/mol. The summed E-state index contributed by atoms with van der Waals surface area (Å²) in [5, 5.41) is 0.746. The second-order valence-corrected chi connectivity index (χ2v) is 10.3. The molecule has 180 valence electrons. The van der Waals surface area contributed by atoms with Crippen LogP contribution in [0, 0.1) is 0 Å². The van der Waals surface area contributed by atoms with Crippen molar-refractivity contribution in [2.24, 2.45) is 0 Å². The lowest BCUT2D eigenvalue weighted by atomic mass is 9.66. The SMILES string of the molecule is Clc1ccc(-c2cccc3c2C(c2ccccc2)(c2ccc(-c4ccccc4)cc2)c2ccccc2-3)cc1. The molecule has 6 aromatic rings. The largest absolute Gasteiger partial charge is 0.0843 e. The van der Waals surface area contributed by atoms with E-state index in [-0.39, 0.29) is 0 Å². The molecule has 0 nitrogen and oxygen atoms in total. The highest BCUT2D eigenvalue weighted by Crippen LogP contribution is 2.58. The molecular formula is C37H25Cl. The summed E-state index contributed by atoms with van der Waals surface area (Å²) in [7, 11) is 0. The molecule has 0 heterocycles. The zero-order valence-electron chi connectivity index (χ0n) is 20.8. The summed E-state index contributed by atoms with van der Waals surface area (Å²) in [5.74, 6) is 0. The molecule has 0 aliphatic heterocycles. The zero-order chi connectivity index (χ0) is 25.5. The predicted molar refractivity (Wildman–Crippen MR) is 160 cm³/mol. The molecule has 1 unspecified atom stereocenters. The molecule has 1 heteroatoms. The molecule has 6 aromatic carbocycles. The van der Waals surface area contributed by atoms with Crippen molar-refractivity contribution in [3.8, 4) is 33.4 Å². The van der Waals surface area contributed by atoms with Gasteiger partial charge in [0.1, 0.15) is 0 Å². The molecule has 0 N–H and O–H groups in total. The van der Waals surface area contributed by atoms with Gasteiger partial charge in [-0.2, -0.15) is 0 Å². The maximum atomic E-state index is 6.30.